The highest BCUT2D eigenvalue weighted by atomic mass is 16.5. The third-order valence-corrected chi connectivity index (χ3v) is 3.17. The number of carbonyl (C=O) groups excluding carboxylic acids is 1. The van der Waals surface area contributed by atoms with E-state index in [0.717, 1.165) is 11.4 Å². The van der Waals surface area contributed by atoms with Gasteiger partial charge < -0.3 is 9.30 Å². The van der Waals surface area contributed by atoms with E-state index < -0.39 is 5.97 Å². The molecule has 0 atom stereocenters. The Morgan fingerprint density at radius 1 is 1.45 bits per heavy atom. The molecule has 0 radical (unpaired) electrons. The predicted octanol–water partition coefficient (Wildman–Crippen LogP) is 1.45. The molecule has 20 heavy (non-hydrogen) atoms. The van der Waals surface area contributed by atoms with Gasteiger partial charge in [0.2, 0.25) is 0 Å². The molecule has 0 aliphatic carbocycles. The SMILES string of the molecule is CCc1c(C(=O)OC)nnn1Cc1cncn1C(C)C. The molecule has 0 N–H and O–H groups in total. The van der Waals surface area contributed by atoms with E-state index in [1.165, 1.54) is 7.11 Å². The van der Waals surface area contributed by atoms with Crippen molar-refractivity contribution < 1.29 is 9.53 Å². The van der Waals surface area contributed by atoms with Gasteiger partial charge in [-0.15, -0.1) is 5.10 Å². The monoisotopic (exact) mass is 277 g/mol. The lowest BCUT2D eigenvalue weighted by molar-refractivity contribution is 0.0592. The highest BCUT2D eigenvalue weighted by Gasteiger charge is 2.19. The maximum Gasteiger partial charge on any atom is 0.360 e. The molecule has 7 nitrogen and oxygen atoms in total. The first kappa shape index (κ1) is 14.2. The van der Waals surface area contributed by atoms with E-state index in [-0.39, 0.29) is 5.69 Å². The average molecular weight is 277 g/mol. The summed E-state index contributed by atoms with van der Waals surface area (Å²) < 4.78 is 8.51. The van der Waals surface area contributed by atoms with Crippen LogP contribution in [0.4, 0.5) is 0 Å². The zero-order valence-electron chi connectivity index (χ0n) is 12.2. The van der Waals surface area contributed by atoms with Crippen molar-refractivity contribution in [2.75, 3.05) is 7.11 Å². The fourth-order valence-electron chi connectivity index (χ4n) is 2.14. The minimum atomic E-state index is -0.453. The number of imidazole rings is 1. The standard InChI is InChI=1S/C13H19N5O2/c1-5-11-12(13(19)20-4)15-16-18(11)7-10-6-14-8-17(10)9(2)3/h6,8-9H,5,7H2,1-4H3. The summed E-state index contributed by atoms with van der Waals surface area (Å²) in [5.41, 5.74) is 2.08. The van der Waals surface area contributed by atoms with E-state index in [0.29, 0.717) is 19.0 Å². The van der Waals surface area contributed by atoms with Crippen LogP contribution in [0, 0.1) is 0 Å². The molecule has 7 heteroatoms. The van der Waals surface area contributed by atoms with Crippen LogP contribution in [0.2, 0.25) is 0 Å². The summed E-state index contributed by atoms with van der Waals surface area (Å²) in [5.74, 6) is -0.453. The zero-order chi connectivity index (χ0) is 14.7. The Morgan fingerprint density at radius 3 is 2.80 bits per heavy atom. The highest BCUT2D eigenvalue weighted by Crippen LogP contribution is 2.13. The number of nitrogens with zero attached hydrogens (tertiary/aromatic N) is 5. The van der Waals surface area contributed by atoms with Crippen LogP contribution in [-0.2, 0) is 17.7 Å². The van der Waals surface area contributed by atoms with Gasteiger partial charge in [-0.2, -0.15) is 0 Å². The smallest absolute Gasteiger partial charge is 0.360 e. The van der Waals surface area contributed by atoms with E-state index in [9.17, 15) is 4.79 Å². The summed E-state index contributed by atoms with van der Waals surface area (Å²) in [6.07, 6.45) is 4.26. The first-order valence-corrected chi connectivity index (χ1v) is 6.59. The van der Waals surface area contributed by atoms with E-state index in [1.807, 2.05) is 6.92 Å². The van der Waals surface area contributed by atoms with Crippen LogP contribution in [0.3, 0.4) is 0 Å². The van der Waals surface area contributed by atoms with Crippen LogP contribution < -0.4 is 0 Å². The van der Waals surface area contributed by atoms with Crippen molar-refractivity contribution in [3.63, 3.8) is 0 Å². The summed E-state index contributed by atoms with van der Waals surface area (Å²) in [6.45, 7) is 6.67. The molecule has 0 spiro atoms. The Labute approximate surface area is 117 Å². The van der Waals surface area contributed by atoms with Crippen LogP contribution in [-0.4, -0.2) is 37.6 Å². The normalized spacial score (nSPS) is 11.1. The molecule has 0 fully saturated rings. The largest absolute Gasteiger partial charge is 0.464 e. The summed E-state index contributed by atoms with van der Waals surface area (Å²) in [6, 6.07) is 0.321. The molecule has 0 aromatic carbocycles. The number of esters is 1. The molecular weight excluding hydrogens is 258 g/mol. The molecule has 0 bridgehead atoms. The number of aromatic nitrogens is 5. The molecule has 0 saturated carbocycles. The molecule has 0 unspecified atom stereocenters. The second-order valence-electron chi connectivity index (χ2n) is 4.77. The van der Waals surface area contributed by atoms with Crippen LogP contribution in [0.1, 0.15) is 48.7 Å². The Bertz CT molecular complexity index is 600. The van der Waals surface area contributed by atoms with Gasteiger partial charge in [0.25, 0.3) is 0 Å². The van der Waals surface area contributed by atoms with Gasteiger partial charge >= 0.3 is 5.97 Å². The van der Waals surface area contributed by atoms with Crippen LogP contribution in [0.25, 0.3) is 0 Å². The van der Waals surface area contributed by atoms with Gasteiger partial charge in [0.1, 0.15) is 0 Å². The van der Waals surface area contributed by atoms with Crippen molar-refractivity contribution in [2.24, 2.45) is 0 Å². The third-order valence-electron chi connectivity index (χ3n) is 3.17. The highest BCUT2D eigenvalue weighted by molar-refractivity contribution is 5.88. The van der Waals surface area contributed by atoms with Crippen molar-refractivity contribution in [2.45, 2.75) is 39.8 Å². The maximum absolute atomic E-state index is 11.6. The van der Waals surface area contributed by atoms with Gasteiger partial charge in [-0.25, -0.2) is 14.5 Å². The molecule has 2 aromatic heterocycles. The lowest BCUT2D eigenvalue weighted by atomic mass is 10.2. The molecule has 2 rings (SSSR count). The topological polar surface area (TPSA) is 74.8 Å². The zero-order valence-corrected chi connectivity index (χ0v) is 12.2. The Balaban J connectivity index is 2.32. The number of ether oxygens (including phenoxy) is 1. The number of carbonyl (C=O) groups is 1. The third kappa shape index (κ3) is 2.56. The number of hydrogen-bond acceptors (Lipinski definition) is 5. The van der Waals surface area contributed by atoms with Crippen LogP contribution in [0.5, 0.6) is 0 Å². The molecule has 0 aliphatic heterocycles. The van der Waals surface area contributed by atoms with E-state index in [2.05, 4.69) is 33.7 Å². The van der Waals surface area contributed by atoms with Crippen molar-refractivity contribution in [3.8, 4) is 0 Å². The van der Waals surface area contributed by atoms with Gasteiger partial charge in [-0.05, 0) is 20.3 Å². The van der Waals surface area contributed by atoms with Crippen molar-refractivity contribution in [3.05, 3.63) is 29.6 Å². The van der Waals surface area contributed by atoms with Gasteiger partial charge in [-0.1, -0.05) is 12.1 Å². The number of hydrogen-bond donors (Lipinski definition) is 0. The van der Waals surface area contributed by atoms with Crippen molar-refractivity contribution >= 4 is 5.97 Å². The first-order valence-electron chi connectivity index (χ1n) is 6.59. The minimum Gasteiger partial charge on any atom is -0.464 e. The quantitative estimate of drug-likeness (QED) is 0.773. The molecule has 2 aromatic rings. The summed E-state index contributed by atoms with van der Waals surface area (Å²) in [4.78, 5) is 15.8. The average Bonchev–Trinajstić information content (AvgIpc) is 3.04. The molecule has 108 valence electrons. The van der Waals surface area contributed by atoms with Gasteiger partial charge in [0, 0.05) is 6.04 Å². The van der Waals surface area contributed by atoms with Gasteiger partial charge in [0.05, 0.1) is 37.6 Å². The molecule has 0 saturated heterocycles. The molecule has 0 aliphatic rings. The molecule has 0 amide bonds. The fraction of sp³-hybridized carbons (Fsp3) is 0.538. The minimum absolute atomic E-state index is 0.283. The summed E-state index contributed by atoms with van der Waals surface area (Å²) >= 11 is 0. The Hall–Kier alpha value is -2.18. The fourth-order valence-corrected chi connectivity index (χ4v) is 2.14. The van der Waals surface area contributed by atoms with Gasteiger partial charge in [0.15, 0.2) is 5.69 Å². The van der Waals surface area contributed by atoms with Crippen LogP contribution in [0.15, 0.2) is 12.5 Å². The second-order valence-corrected chi connectivity index (χ2v) is 4.77. The lowest BCUT2D eigenvalue weighted by Gasteiger charge is -2.12. The van der Waals surface area contributed by atoms with Crippen molar-refractivity contribution in [1.29, 1.82) is 0 Å². The molecular formula is C13H19N5O2. The van der Waals surface area contributed by atoms with E-state index in [4.69, 9.17) is 4.74 Å². The van der Waals surface area contributed by atoms with Crippen LogP contribution >= 0.6 is 0 Å². The summed E-state index contributed by atoms with van der Waals surface area (Å²) in [5, 5.41) is 7.98. The predicted molar refractivity (Wildman–Crippen MR) is 72.5 cm³/mol. The molecule has 2 heterocycles. The Morgan fingerprint density at radius 2 is 2.20 bits per heavy atom. The second kappa shape index (κ2) is 5.85. The van der Waals surface area contributed by atoms with Gasteiger partial charge in [-0.3, -0.25) is 0 Å². The van der Waals surface area contributed by atoms with E-state index >= 15 is 0 Å². The Kier molecular flexibility index (Phi) is 4.16. The maximum atomic E-state index is 11.6. The number of rotatable bonds is 5. The van der Waals surface area contributed by atoms with Crippen molar-refractivity contribution in [1.82, 2.24) is 24.5 Å². The van der Waals surface area contributed by atoms with E-state index in [1.54, 1.807) is 17.2 Å². The lowest BCUT2D eigenvalue weighted by Crippen LogP contribution is -2.13. The first-order chi connectivity index (χ1) is 9.58. The summed E-state index contributed by atoms with van der Waals surface area (Å²) in [7, 11) is 1.34. The number of methoxy groups -OCH3 is 1.